The molecule has 8 aromatic rings. The van der Waals surface area contributed by atoms with Crippen molar-refractivity contribution in [3.8, 4) is 44.5 Å². The van der Waals surface area contributed by atoms with Gasteiger partial charge in [-0.15, -0.1) is 0 Å². The van der Waals surface area contributed by atoms with Gasteiger partial charge in [0.15, 0.2) is 0 Å². The Bertz CT molecular complexity index is 2250. The van der Waals surface area contributed by atoms with Crippen molar-refractivity contribution in [2.75, 3.05) is 4.90 Å². The van der Waals surface area contributed by atoms with Crippen LogP contribution in [0.5, 0.6) is 0 Å². The Hall–Kier alpha value is -6.18. The summed E-state index contributed by atoms with van der Waals surface area (Å²) < 4.78 is 0. The summed E-state index contributed by atoms with van der Waals surface area (Å²) in [6, 6.07) is 71.8. The summed E-state index contributed by atoms with van der Waals surface area (Å²) in [6.45, 7) is 0. The van der Waals surface area contributed by atoms with Crippen molar-refractivity contribution >= 4 is 27.8 Å². The van der Waals surface area contributed by atoms with Gasteiger partial charge in [0, 0.05) is 17.1 Å². The molecule has 0 bridgehead atoms. The molecule has 0 radical (unpaired) electrons. The molecule has 0 saturated heterocycles. The highest BCUT2D eigenvalue weighted by molar-refractivity contribution is 5.93. The van der Waals surface area contributed by atoms with Crippen LogP contribution in [0.4, 0.5) is 17.1 Å². The molecule has 0 aromatic heterocycles. The third-order valence-corrected chi connectivity index (χ3v) is 8.87. The molecular weight excluding hydrogens is 567 g/mol. The molecule has 0 aliphatic carbocycles. The van der Waals surface area contributed by atoms with E-state index in [0.29, 0.717) is 0 Å². The molecule has 0 aliphatic rings. The van der Waals surface area contributed by atoms with E-state index in [-0.39, 0.29) is 0 Å². The molecule has 222 valence electrons. The Labute approximate surface area is 276 Å². The van der Waals surface area contributed by atoms with E-state index in [1.165, 1.54) is 55.3 Å². The van der Waals surface area contributed by atoms with Crippen molar-refractivity contribution in [3.63, 3.8) is 0 Å². The van der Waals surface area contributed by atoms with E-state index in [9.17, 15) is 0 Å². The second-order valence-electron chi connectivity index (χ2n) is 11.8. The molecular formula is C46H33N. The monoisotopic (exact) mass is 599 g/mol. The molecule has 0 heterocycles. The minimum absolute atomic E-state index is 1.11. The highest BCUT2D eigenvalue weighted by atomic mass is 15.1. The molecule has 8 aromatic carbocycles. The van der Waals surface area contributed by atoms with E-state index >= 15 is 0 Å². The molecule has 0 spiro atoms. The Morgan fingerprint density at radius 1 is 0.234 bits per heavy atom. The lowest BCUT2D eigenvalue weighted by molar-refractivity contribution is 1.28. The van der Waals surface area contributed by atoms with E-state index in [2.05, 4.69) is 205 Å². The summed E-state index contributed by atoms with van der Waals surface area (Å²) in [5.41, 5.74) is 13.1. The van der Waals surface area contributed by atoms with Crippen molar-refractivity contribution in [2.24, 2.45) is 0 Å². The van der Waals surface area contributed by atoms with Crippen molar-refractivity contribution in [2.45, 2.75) is 0 Å². The number of anilines is 3. The number of benzene rings is 8. The first-order valence-corrected chi connectivity index (χ1v) is 16.1. The lowest BCUT2D eigenvalue weighted by Crippen LogP contribution is -2.09. The first-order chi connectivity index (χ1) is 23.3. The SMILES string of the molecule is c1ccc(-c2ccc(N(c3ccccc3)c3ccc(-c4ccc(-c5ccc6ccccc6c5)c(-c5ccccc5)c4)cc3)cc2)cc1. The molecule has 1 nitrogen and oxygen atoms in total. The average Bonchev–Trinajstić information content (AvgIpc) is 3.16. The van der Waals surface area contributed by atoms with Crippen LogP contribution in [0.25, 0.3) is 55.3 Å². The van der Waals surface area contributed by atoms with Gasteiger partial charge < -0.3 is 4.90 Å². The number of para-hydroxylation sites is 1. The highest BCUT2D eigenvalue weighted by Crippen LogP contribution is 2.39. The Morgan fingerprint density at radius 2 is 0.681 bits per heavy atom. The minimum Gasteiger partial charge on any atom is -0.311 e. The molecule has 0 N–H and O–H groups in total. The molecule has 0 atom stereocenters. The fraction of sp³-hybridized carbons (Fsp3) is 0. The molecule has 0 unspecified atom stereocenters. The third-order valence-electron chi connectivity index (χ3n) is 8.87. The van der Waals surface area contributed by atoms with Crippen molar-refractivity contribution in [1.29, 1.82) is 0 Å². The Balaban J connectivity index is 1.17. The smallest absolute Gasteiger partial charge is 0.0462 e. The normalized spacial score (nSPS) is 11.0. The zero-order valence-electron chi connectivity index (χ0n) is 26.0. The van der Waals surface area contributed by atoms with Gasteiger partial charge in [0.05, 0.1) is 0 Å². The van der Waals surface area contributed by atoms with Gasteiger partial charge in [-0.05, 0) is 104 Å². The lowest BCUT2D eigenvalue weighted by atomic mass is 9.90. The molecule has 0 fully saturated rings. The summed E-state index contributed by atoms with van der Waals surface area (Å²) in [5, 5.41) is 2.51. The average molecular weight is 600 g/mol. The largest absolute Gasteiger partial charge is 0.311 e. The number of fused-ring (bicyclic) bond motifs is 1. The fourth-order valence-corrected chi connectivity index (χ4v) is 6.45. The van der Waals surface area contributed by atoms with E-state index in [1.807, 2.05) is 0 Å². The summed E-state index contributed by atoms with van der Waals surface area (Å²) >= 11 is 0. The van der Waals surface area contributed by atoms with Crippen molar-refractivity contribution in [3.05, 3.63) is 200 Å². The molecule has 0 saturated carbocycles. The second-order valence-corrected chi connectivity index (χ2v) is 11.8. The van der Waals surface area contributed by atoms with Crippen molar-refractivity contribution in [1.82, 2.24) is 0 Å². The zero-order chi connectivity index (χ0) is 31.4. The fourth-order valence-electron chi connectivity index (χ4n) is 6.45. The van der Waals surface area contributed by atoms with Crippen LogP contribution in [0, 0.1) is 0 Å². The van der Waals surface area contributed by atoms with Crippen LogP contribution < -0.4 is 4.90 Å². The molecule has 8 rings (SSSR count). The summed E-state index contributed by atoms with van der Waals surface area (Å²) in [5.74, 6) is 0. The standard InChI is InChI=1S/C46H33N/c1-4-12-34(13-5-1)36-22-27-43(28-23-36)47(42-18-8-3-9-19-42)44-29-24-37(25-30-44)40-26-31-45(46(33-40)38-15-6-2-7-16-38)41-21-20-35-14-10-11-17-39(35)32-41/h1-33H. The highest BCUT2D eigenvalue weighted by Gasteiger charge is 2.14. The number of hydrogen-bond acceptors (Lipinski definition) is 1. The molecule has 0 amide bonds. The molecule has 0 aliphatic heterocycles. The van der Waals surface area contributed by atoms with Crippen LogP contribution in [0.2, 0.25) is 0 Å². The van der Waals surface area contributed by atoms with Gasteiger partial charge in [0.2, 0.25) is 0 Å². The number of hydrogen-bond donors (Lipinski definition) is 0. The van der Waals surface area contributed by atoms with Crippen LogP contribution in [0.3, 0.4) is 0 Å². The predicted molar refractivity (Wildman–Crippen MR) is 200 cm³/mol. The maximum Gasteiger partial charge on any atom is 0.0462 e. The maximum atomic E-state index is 2.34. The first kappa shape index (κ1) is 28.3. The van der Waals surface area contributed by atoms with Crippen LogP contribution in [-0.2, 0) is 0 Å². The Kier molecular flexibility index (Phi) is 7.63. The van der Waals surface area contributed by atoms with E-state index in [1.54, 1.807) is 0 Å². The van der Waals surface area contributed by atoms with Crippen LogP contribution in [0.1, 0.15) is 0 Å². The van der Waals surface area contributed by atoms with Gasteiger partial charge in [-0.2, -0.15) is 0 Å². The topological polar surface area (TPSA) is 3.24 Å². The van der Waals surface area contributed by atoms with Gasteiger partial charge in [0.1, 0.15) is 0 Å². The predicted octanol–water partition coefficient (Wildman–Crippen LogP) is 13.0. The summed E-state index contributed by atoms with van der Waals surface area (Å²) in [4.78, 5) is 2.32. The van der Waals surface area contributed by atoms with E-state index in [4.69, 9.17) is 0 Å². The maximum absolute atomic E-state index is 2.34. The molecule has 1 heteroatoms. The Morgan fingerprint density at radius 3 is 1.32 bits per heavy atom. The van der Waals surface area contributed by atoms with E-state index in [0.717, 1.165) is 17.1 Å². The van der Waals surface area contributed by atoms with Gasteiger partial charge in [-0.25, -0.2) is 0 Å². The minimum atomic E-state index is 1.11. The number of nitrogens with zero attached hydrogens (tertiary/aromatic N) is 1. The van der Waals surface area contributed by atoms with Crippen molar-refractivity contribution < 1.29 is 0 Å². The lowest BCUT2D eigenvalue weighted by Gasteiger charge is -2.26. The molecule has 47 heavy (non-hydrogen) atoms. The first-order valence-electron chi connectivity index (χ1n) is 16.1. The third kappa shape index (κ3) is 5.83. The van der Waals surface area contributed by atoms with Crippen LogP contribution >= 0.6 is 0 Å². The second kappa shape index (κ2) is 12.7. The van der Waals surface area contributed by atoms with Crippen LogP contribution in [0.15, 0.2) is 200 Å². The van der Waals surface area contributed by atoms with E-state index < -0.39 is 0 Å². The van der Waals surface area contributed by atoms with Gasteiger partial charge in [0.25, 0.3) is 0 Å². The quantitative estimate of drug-likeness (QED) is 0.176. The zero-order valence-corrected chi connectivity index (χ0v) is 26.0. The summed E-state index contributed by atoms with van der Waals surface area (Å²) in [7, 11) is 0. The van der Waals surface area contributed by atoms with Crippen LogP contribution in [-0.4, -0.2) is 0 Å². The van der Waals surface area contributed by atoms with Gasteiger partial charge in [-0.3, -0.25) is 0 Å². The number of rotatable bonds is 7. The van der Waals surface area contributed by atoms with Gasteiger partial charge >= 0.3 is 0 Å². The summed E-state index contributed by atoms with van der Waals surface area (Å²) in [6.07, 6.45) is 0. The van der Waals surface area contributed by atoms with Gasteiger partial charge in [-0.1, -0.05) is 152 Å².